The van der Waals surface area contributed by atoms with Crippen LogP contribution in [0.25, 0.3) is 0 Å². The molecule has 3 heterocycles. The SMILES string of the molecule is Cc1cnc(CC2COCCN(C(=O)Cn3cccn3)C2)cn1. The van der Waals surface area contributed by atoms with Crippen molar-refractivity contribution in [3.63, 3.8) is 0 Å². The molecule has 0 N–H and O–H groups in total. The summed E-state index contributed by atoms with van der Waals surface area (Å²) >= 11 is 0. The van der Waals surface area contributed by atoms with Gasteiger partial charge in [-0.05, 0) is 19.4 Å². The number of carbonyl (C=O) groups is 1. The van der Waals surface area contributed by atoms with Gasteiger partial charge in [-0.15, -0.1) is 0 Å². The molecule has 0 aromatic carbocycles. The molecule has 0 saturated carbocycles. The van der Waals surface area contributed by atoms with Crippen LogP contribution < -0.4 is 0 Å². The zero-order valence-electron chi connectivity index (χ0n) is 13.3. The van der Waals surface area contributed by atoms with E-state index in [9.17, 15) is 4.79 Å². The van der Waals surface area contributed by atoms with E-state index < -0.39 is 0 Å². The zero-order valence-corrected chi connectivity index (χ0v) is 13.3. The fourth-order valence-corrected chi connectivity index (χ4v) is 2.68. The van der Waals surface area contributed by atoms with E-state index in [4.69, 9.17) is 4.74 Å². The van der Waals surface area contributed by atoms with Crippen LogP contribution >= 0.6 is 0 Å². The number of aromatic nitrogens is 4. The maximum atomic E-state index is 12.4. The maximum absolute atomic E-state index is 12.4. The Hall–Kier alpha value is -2.28. The van der Waals surface area contributed by atoms with Gasteiger partial charge in [-0.2, -0.15) is 5.10 Å². The number of hydrogen-bond donors (Lipinski definition) is 0. The van der Waals surface area contributed by atoms with E-state index in [1.165, 1.54) is 0 Å². The van der Waals surface area contributed by atoms with Gasteiger partial charge in [-0.3, -0.25) is 19.4 Å². The average Bonchev–Trinajstić information content (AvgIpc) is 2.94. The van der Waals surface area contributed by atoms with Gasteiger partial charge >= 0.3 is 0 Å². The molecule has 1 saturated heterocycles. The fourth-order valence-electron chi connectivity index (χ4n) is 2.68. The summed E-state index contributed by atoms with van der Waals surface area (Å²) in [7, 11) is 0. The first-order valence-corrected chi connectivity index (χ1v) is 7.81. The second kappa shape index (κ2) is 7.32. The first-order chi connectivity index (χ1) is 11.2. The highest BCUT2D eigenvalue weighted by molar-refractivity contribution is 5.75. The fraction of sp³-hybridized carbons (Fsp3) is 0.500. The van der Waals surface area contributed by atoms with Crippen LogP contribution in [0.2, 0.25) is 0 Å². The molecule has 1 aliphatic rings. The quantitative estimate of drug-likeness (QED) is 0.830. The Morgan fingerprint density at radius 2 is 2.30 bits per heavy atom. The van der Waals surface area contributed by atoms with Crippen molar-refractivity contribution in [1.82, 2.24) is 24.6 Å². The van der Waals surface area contributed by atoms with E-state index in [0.29, 0.717) is 26.3 Å². The van der Waals surface area contributed by atoms with Gasteiger partial charge in [0, 0.05) is 43.8 Å². The summed E-state index contributed by atoms with van der Waals surface area (Å²) in [5, 5.41) is 4.09. The standard InChI is InChI=1S/C16H21N5O2/c1-13-8-18-15(9-17-13)7-14-10-20(5-6-23-12-14)16(22)11-21-4-2-3-19-21/h2-4,8-9,14H,5-7,10-12H2,1H3. The van der Waals surface area contributed by atoms with E-state index >= 15 is 0 Å². The second-order valence-electron chi connectivity index (χ2n) is 5.84. The van der Waals surface area contributed by atoms with Crippen molar-refractivity contribution in [1.29, 1.82) is 0 Å². The molecule has 23 heavy (non-hydrogen) atoms. The number of rotatable bonds is 4. The van der Waals surface area contributed by atoms with Crippen molar-refractivity contribution in [2.45, 2.75) is 19.9 Å². The molecular formula is C16H21N5O2. The molecule has 1 unspecified atom stereocenters. The van der Waals surface area contributed by atoms with E-state index in [-0.39, 0.29) is 18.4 Å². The predicted octanol–water partition coefficient (Wildman–Crippen LogP) is 0.699. The highest BCUT2D eigenvalue weighted by Crippen LogP contribution is 2.13. The molecule has 1 amide bonds. The molecule has 0 bridgehead atoms. The van der Waals surface area contributed by atoms with Gasteiger partial charge < -0.3 is 9.64 Å². The Kier molecular flexibility index (Phi) is 4.97. The molecule has 7 nitrogen and oxygen atoms in total. The Bertz CT molecular complexity index is 626. The number of carbonyl (C=O) groups excluding carboxylic acids is 1. The molecule has 2 aromatic heterocycles. The van der Waals surface area contributed by atoms with Gasteiger partial charge in [0.15, 0.2) is 0 Å². The van der Waals surface area contributed by atoms with Crippen LogP contribution in [0.5, 0.6) is 0 Å². The summed E-state index contributed by atoms with van der Waals surface area (Å²) in [5.74, 6) is 0.301. The van der Waals surface area contributed by atoms with E-state index in [2.05, 4.69) is 15.1 Å². The summed E-state index contributed by atoms with van der Waals surface area (Å²) in [5.41, 5.74) is 1.84. The summed E-state index contributed by atoms with van der Waals surface area (Å²) in [4.78, 5) is 23.0. The minimum Gasteiger partial charge on any atom is -0.379 e. The van der Waals surface area contributed by atoms with Crippen LogP contribution in [0.15, 0.2) is 30.9 Å². The lowest BCUT2D eigenvalue weighted by molar-refractivity contribution is -0.132. The summed E-state index contributed by atoms with van der Waals surface area (Å²) in [6.07, 6.45) is 7.81. The summed E-state index contributed by atoms with van der Waals surface area (Å²) < 4.78 is 7.30. The molecule has 0 radical (unpaired) electrons. The normalized spacial score (nSPS) is 18.7. The lowest BCUT2D eigenvalue weighted by Crippen LogP contribution is -2.38. The van der Waals surface area contributed by atoms with E-state index in [1.807, 2.05) is 17.9 Å². The van der Waals surface area contributed by atoms with Crippen LogP contribution in [0.1, 0.15) is 11.4 Å². The van der Waals surface area contributed by atoms with Crippen LogP contribution in [0.4, 0.5) is 0 Å². The summed E-state index contributed by atoms with van der Waals surface area (Å²) in [6.45, 7) is 4.69. The molecule has 0 aliphatic carbocycles. The Morgan fingerprint density at radius 3 is 3.04 bits per heavy atom. The Morgan fingerprint density at radius 1 is 1.39 bits per heavy atom. The molecule has 1 atom stereocenters. The van der Waals surface area contributed by atoms with Crippen LogP contribution in [-0.2, 0) is 22.5 Å². The number of amides is 1. The highest BCUT2D eigenvalue weighted by Gasteiger charge is 2.23. The first-order valence-electron chi connectivity index (χ1n) is 7.81. The minimum atomic E-state index is 0.0687. The molecular weight excluding hydrogens is 294 g/mol. The van der Waals surface area contributed by atoms with Crippen LogP contribution in [-0.4, -0.2) is 56.9 Å². The number of nitrogens with zero attached hydrogens (tertiary/aromatic N) is 5. The Labute approximate surface area is 135 Å². The predicted molar refractivity (Wildman–Crippen MR) is 83.6 cm³/mol. The first kappa shape index (κ1) is 15.6. The minimum absolute atomic E-state index is 0.0687. The highest BCUT2D eigenvalue weighted by atomic mass is 16.5. The monoisotopic (exact) mass is 315 g/mol. The van der Waals surface area contributed by atoms with Crippen molar-refractivity contribution >= 4 is 5.91 Å². The van der Waals surface area contributed by atoms with Crippen molar-refractivity contribution in [2.24, 2.45) is 5.92 Å². The van der Waals surface area contributed by atoms with Gasteiger partial charge in [0.2, 0.25) is 5.91 Å². The number of hydrogen-bond acceptors (Lipinski definition) is 5. The topological polar surface area (TPSA) is 73.1 Å². The van der Waals surface area contributed by atoms with Crippen molar-refractivity contribution in [2.75, 3.05) is 26.3 Å². The van der Waals surface area contributed by atoms with Gasteiger partial charge in [0.05, 0.1) is 24.6 Å². The third-order valence-electron chi connectivity index (χ3n) is 3.88. The zero-order chi connectivity index (χ0) is 16.1. The lowest BCUT2D eigenvalue weighted by Gasteiger charge is -2.23. The third-order valence-corrected chi connectivity index (χ3v) is 3.88. The van der Waals surface area contributed by atoms with E-state index in [1.54, 1.807) is 29.5 Å². The van der Waals surface area contributed by atoms with Gasteiger partial charge in [-0.25, -0.2) is 0 Å². The molecule has 2 aromatic rings. The Balaban J connectivity index is 1.61. The van der Waals surface area contributed by atoms with E-state index in [0.717, 1.165) is 17.8 Å². The van der Waals surface area contributed by atoms with Gasteiger partial charge in [-0.1, -0.05) is 0 Å². The number of ether oxygens (including phenoxy) is 1. The largest absolute Gasteiger partial charge is 0.379 e. The van der Waals surface area contributed by atoms with Gasteiger partial charge in [0.1, 0.15) is 6.54 Å². The van der Waals surface area contributed by atoms with Crippen molar-refractivity contribution < 1.29 is 9.53 Å². The smallest absolute Gasteiger partial charge is 0.244 e. The van der Waals surface area contributed by atoms with Crippen LogP contribution in [0, 0.1) is 12.8 Å². The molecule has 122 valence electrons. The molecule has 7 heteroatoms. The maximum Gasteiger partial charge on any atom is 0.244 e. The second-order valence-corrected chi connectivity index (χ2v) is 5.84. The molecule has 1 aliphatic heterocycles. The summed E-state index contributed by atoms with van der Waals surface area (Å²) in [6, 6.07) is 1.82. The molecule has 1 fully saturated rings. The van der Waals surface area contributed by atoms with Crippen molar-refractivity contribution in [3.8, 4) is 0 Å². The van der Waals surface area contributed by atoms with Gasteiger partial charge in [0.25, 0.3) is 0 Å². The third kappa shape index (κ3) is 4.35. The lowest BCUT2D eigenvalue weighted by atomic mass is 10.0. The molecule has 0 spiro atoms. The average molecular weight is 315 g/mol. The number of aryl methyl sites for hydroxylation is 1. The van der Waals surface area contributed by atoms with Crippen LogP contribution in [0.3, 0.4) is 0 Å². The van der Waals surface area contributed by atoms with Crippen molar-refractivity contribution in [3.05, 3.63) is 42.2 Å². The molecule has 3 rings (SSSR count).